The number of rotatable bonds is 3. The molecule has 0 bridgehead atoms. The molecule has 1 aromatic carbocycles. The quantitative estimate of drug-likeness (QED) is 0.579. The molecular formula is C18H22F3N5O2. The number of ether oxygens (including phenoxy) is 1. The molecule has 0 atom stereocenters. The number of amidine groups is 1. The normalized spacial score (nSPS) is 19.1. The Labute approximate surface area is 161 Å². The fraction of sp³-hybridized carbons (Fsp3) is 0.500. The van der Waals surface area contributed by atoms with Gasteiger partial charge in [-0.15, -0.1) is 0 Å². The highest BCUT2D eigenvalue weighted by Gasteiger charge is 2.36. The Morgan fingerprint density at radius 1 is 1.25 bits per heavy atom. The van der Waals surface area contributed by atoms with Gasteiger partial charge < -0.3 is 9.64 Å². The average molecular weight is 397 g/mol. The zero-order valence-corrected chi connectivity index (χ0v) is 15.6. The summed E-state index contributed by atoms with van der Waals surface area (Å²) in [6.07, 6.45) is -4.27. The fourth-order valence-corrected chi connectivity index (χ4v) is 3.17. The maximum absolute atomic E-state index is 12.7. The number of halogens is 3. The van der Waals surface area contributed by atoms with Crippen LogP contribution in [0, 0.1) is 0 Å². The number of hydrogen-bond donors (Lipinski definition) is 0. The van der Waals surface area contributed by atoms with Crippen LogP contribution in [0.1, 0.15) is 12.0 Å². The Bertz CT molecular complexity index is 773. The van der Waals surface area contributed by atoms with Gasteiger partial charge in [-0.3, -0.25) is 14.7 Å². The highest BCUT2D eigenvalue weighted by Crippen LogP contribution is 2.32. The summed E-state index contributed by atoms with van der Waals surface area (Å²) in [5.74, 6) is -0.543. The van der Waals surface area contributed by atoms with Gasteiger partial charge in [-0.05, 0) is 24.4 Å². The average Bonchev–Trinajstić information content (AvgIpc) is 2.79. The number of amides is 1. The minimum atomic E-state index is -4.60. The second-order valence-corrected chi connectivity index (χ2v) is 6.66. The van der Waals surface area contributed by atoms with E-state index in [1.54, 1.807) is 11.9 Å². The van der Waals surface area contributed by atoms with E-state index < -0.39 is 12.0 Å². The molecule has 1 aromatic rings. The Morgan fingerprint density at radius 2 is 1.96 bits per heavy atom. The summed E-state index contributed by atoms with van der Waals surface area (Å²) in [5, 5.41) is 4.93. The minimum absolute atomic E-state index is 0.00965. The summed E-state index contributed by atoms with van der Waals surface area (Å²) >= 11 is 0. The van der Waals surface area contributed by atoms with E-state index in [1.165, 1.54) is 5.01 Å². The van der Waals surface area contributed by atoms with Gasteiger partial charge in [0.2, 0.25) is 5.91 Å². The van der Waals surface area contributed by atoms with Gasteiger partial charge in [0.15, 0.2) is 0 Å². The molecule has 2 aliphatic heterocycles. The lowest BCUT2D eigenvalue weighted by atomic mass is 10.1. The highest BCUT2D eigenvalue weighted by molar-refractivity contribution is 5.95. The first-order chi connectivity index (χ1) is 13.3. The van der Waals surface area contributed by atoms with Gasteiger partial charge in [0.1, 0.15) is 5.75 Å². The fourth-order valence-electron chi connectivity index (χ4n) is 3.17. The molecule has 0 aromatic heterocycles. The van der Waals surface area contributed by atoms with E-state index in [1.807, 2.05) is 18.2 Å². The molecule has 0 unspecified atom stereocenters. The zero-order valence-electron chi connectivity index (χ0n) is 15.6. The molecule has 0 aliphatic carbocycles. The third kappa shape index (κ3) is 4.61. The lowest BCUT2D eigenvalue weighted by Crippen LogP contribution is -2.44. The molecule has 1 amide bonds. The van der Waals surface area contributed by atoms with E-state index in [-0.39, 0.29) is 5.91 Å². The molecule has 1 saturated heterocycles. The third-order valence-electron chi connectivity index (χ3n) is 4.73. The maximum Gasteiger partial charge on any atom is 0.453 e. The molecule has 2 aliphatic rings. The summed E-state index contributed by atoms with van der Waals surface area (Å²) in [5.41, 5.74) is 1.75. The molecule has 10 heteroatoms. The molecule has 0 spiro atoms. The topological polar surface area (TPSA) is 60.7 Å². The van der Waals surface area contributed by atoms with Crippen LogP contribution < -0.4 is 9.64 Å². The molecule has 7 nitrogen and oxygen atoms in total. The molecule has 1 fully saturated rings. The van der Waals surface area contributed by atoms with Crippen LogP contribution in [-0.2, 0) is 11.3 Å². The van der Waals surface area contributed by atoms with Gasteiger partial charge in [0, 0.05) is 39.8 Å². The summed E-state index contributed by atoms with van der Waals surface area (Å²) < 4.78 is 43.9. The Kier molecular flexibility index (Phi) is 5.87. The van der Waals surface area contributed by atoms with Gasteiger partial charge in [-0.25, -0.2) is 4.99 Å². The van der Waals surface area contributed by atoms with E-state index in [0.29, 0.717) is 51.5 Å². The second-order valence-electron chi connectivity index (χ2n) is 6.66. The summed E-state index contributed by atoms with van der Waals surface area (Å²) in [7, 11) is 1.72. The van der Waals surface area contributed by atoms with Crippen LogP contribution in [0.3, 0.4) is 0 Å². The third-order valence-corrected chi connectivity index (χ3v) is 4.73. The van der Waals surface area contributed by atoms with Crippen molar-refractivity contribution < 1.29 is 22.7 Å². The molecule has 2 heterocycles. The summed E-state index contributed by atoms with van der Waals surface area (Å²) in [4.78, 5) is 18.6. The first kappa shape index (κ1) is 20.1. The van der Waals surface area contributed by atoms with Gasteiger partial charge in [0.25, 0.3) is 5.84 Å². The number of carbonyl (C=O) groups excluding carboxylic acids is 1. The van der Waals surface area contributed by atoms with Crippen LogP contribution in [0.5, 0.6) is 5.75 Å². The summed E-state index contributed by atoms with van der Waals surface area (Å²) in [6, 6.07) is 5.71. The number of fused-ring (bicyclic) bond motifs is 1. The van der Waals surface area contributed by atoms with Crippen molar-refractivity contribution in [3.8, 4) is 5.75 Å². The minimum Gasteiger partial charge on any atom is -0.491 e. The summed E-state index contributed by atoms with van der Waals surface area (Å²) in [6.45, 7) is 5.80. The van der Waals surface area contributed by atoms with Crippen molar-refractivity contribution in [2.24, 2.45) is 10.1 Å². The number of benzene rings is 1. The number of nitrogens with zero attached hydrogens (tertiary/aromatic N) is 5. The predicted molar refractivity (Wildman–Crippen MR) is 99.9 cm³/mol. The number of piperazine rings is 1. The number of hydrazone groups is 1. The molecule has 0 saturated carbocycles. The van der Waals surface area contributed by atoms with Crippen LogP contribution in [0.25, 0.3) is 0 Å². The number of anilines is 1. The standard InChI is InChI=1S/C18H22F3N5O2/c1-22-17(18(19,20)21)23-26-8-6-25(7-9-26)12-13-3-4-14-15(11-13)28-10-5-16(27)24(14)2/h3-4,11H,1,5-10,12H2,2H3/b23-17-. The highest BCUT2D eigenvalue weighted by atomic mass is 19.4. The van der Waals surface area contributed by atoms with Crippen molar-refractivity contribution in [3.05, 3.63) is 23.8 Å². The SMILES string of the molecule is C=N/C(=N\N1CCN(Cc2ccc3c(c2)OCCC(=O)N3C)CC1)C(F)(F)F. The lowest BCUT2D eigenvalue weighted by Gasteiger charge is -2.33. The molecule has 152 valence electrons. The Balaban J connectivity index is 1.61. The van der Waals surface area contributed by atoms with Crippen molar-refractivity contribution in [1.29, 1.82) is 0 Å². The van der Waals surface area contributed by atoms with Gasteiger partial charge >= 0.3 is 6.18 Å². The first-order valence-corrected chi connectivity index (χ1v) is 8.90. The lowest BCUT2D eigenvalue weighted by molar-refractivity contribution is -0.118. The monoisotopic (exact) mass is 397 g/mol. The predicted octanol–water partition coefficient (Wildman–Crippen LogP) is 2.13. The maximum atomic E-state index is 12.7. The Morgan fingerprint density at radius 3 is 2.61 bits per heavy atom. The molecular weight excluding hydrogens is 375 g/mol. The largest absolute Gasteiger partial charge is 0.491 e. The van der Waals surface area contributed by atoms with Gasteiger partial charge in [-0.1, -0.05) is 6.07 Å². The Hall–Kier alpha value is -2.62. The number of aliphatic imine (C=N–C) groups is 1. The van der Waals surface area contributed by atoms with E-state index in [4.69, 9.17) is 4.74 Å². The van der Waals surface area contributed by atoms with Gasteiger partial charge in [-0.2, -0.15) is 18.3 Å². The van der Waals surface area contributed by atoms with Crippen LogP contribution in [0.2, 0.25) is 0 Å². The van der Waals surface area contributed by atoms with Crippen molar-refractivity contribution in [3.63, 3.8) is 0 Å². The van der Waals surface area contributed by atoms with Crippen LogP contribution in [0.4, 0.5) is 18.9 Å². The number of carbonyl (C=O) groups is 1. The van der Waals surface area contributed by atoms with Crippen LogP contribution in [-0.4, -0.2) is 74.4 Å². The molecule has 0 radical (unpaired) electrons. The van der Waals surface area contributed by atoms with E-state index in [9.17, 15) is 18.0 Å². The first-order valence-electron chi connectivity index (χ1n) is 8.90. The van der Waals surface area contributed by atoms with E-state index in [2.05, 4.69) is 21.7 Å². The molecule has 0 N–H and O–H groups in total. The van der Waals surface area contributed by atoms with E-state index >= 15 is 0 Å². The van der Waals surface area contributed by atoms with Crippen molar-refractivity contribution in [2.45, 2.75) is 19.1 Å². The zero-order chi connectivity index (χ0) is 20.3. The number of hydrogen-bond acceptors (Lipinski definition) is 5. The van der Waals surface area contributed by atoms with Crippen molar-refractivity contribution in [2.75, 3.05) is 44.7 Å². The number of alkyl halides is 3. The van der Waals surface area contributed by atoms with Crippen molar-refractivity contribution in [1.82, 2.24) is 9.91 Å². The van der Waals surface area contributed by atoms with Gasteiger partial charge in [0.05, 0.1) is 18.7 Å². The smallest absolute Gasteiger partial charge is 0.453 e. The van der Waals surface area contributed by atoms with Crippen LogP contribution >= 0.6 is 0 Å². The molecule has 28 heavy (non-hydrogen) atoms. The molecule has 3 rings (SSSR count). The second kappa shape index (κ2) is 8.17. The van der Waals surface area contributed by atoms with E-state index in [0.717, 1.165) is 11.3 Å². The van der Waals surface area contributed by atoms with Crippen LogP contribution in [0.15, 0.2) is 28.3 Å². The van der Waals surface area contributed by atoms with Crippen molar-refractivity contribution >= 4 is 24.1 Å².